The van der Waals surface area contributed by atoms with Gasteiger partial charge in [-0.1, -0.05) is 6.92 Å². The Labute approximate surface area is 118 Å². The molecule has 1 aliphatic carbocycles. The van der Waals surface area contributed by atoms with Crippen molar-refractivity contribution in [1.82, 2.24) is 9.97 Å². The van der Waals surface area contributed by atoms with Gasteiger partial charge in [0.2, 0.25) is 0 Å². The fourth-order valence-corrected chi connectivity index (χ4v) is 2.01. The number of nitrogens with zero attached hydrogens (tertiary/aromatic N) is 2. The molecule has 1 heterocycles. The molecular formula is C13H23N5O2. The number of aliphatic hydroxyl groups is 2. The molecule has 0 amide bonds. The fraction of sp³-hybridized carbons (Fsp3) is 0.692. The zero-order valence-corrected chi connectivity index (χ0v) is 12.0. The lowest BCUT2D eigenvalue weighted by atomic mass is 9.98. The number of anilines is 2. The highest BCUT2D eigenvalue weighted by molar-refractivity contribution is 5.58. The second-order valence-electron chi connectivity index (χ2n) is 5.40. The van der Waals surface area contributed by atoms with Gasteiger partial charge in [-0.2, -0.15) is 0 Å². The molecule has 0 bridgehead atoms. The lowest BCUT2D eigenvalue weighted by Gasteiger charge is -2.31. The average Bonchev–Trinajstić information content (AvgIpc) is 3.31. The Balaban J connectivity index is 2.36. The summed E-state index contributed by atoms with van der Waals surface area (Å²) in [6.07, 6.45) is 2.75. The van der Waals surface area contributed by atoms with Gasteiger partial charge in [0.15, 0.2) is 0 Å². The number of hydrogen-bond donors (Lipinski definition) is 5. The van der Waals surface area contributed by atoms with E-state index in [1.165, 1.54) is 0 Å². The molecule has 1 aromatic rings. The van der Waals surface area contributed by atoms with Crippen LogP contribution in [0.1, 0.15) is 43.5 Å². The minimum atomic E-state index is -0.786. The smallest absolute Gasteiger partial charge is 0.148 e. The first-order valence-corrected chi connectivity index (χ1v) is 6.94. The molecule has 0 unspecified atom stereocenters. The van der Waals surface area contributed by atoms with Gasteiger partial charge >= 0.3 is 0 Å². The number of aromatic nitrogens is 2. The molecule has 1 aromatic heterocycles. The molecule has 7 nitrogen and oxygen atoms in total. The first kappa shape index (κ1) is 15.0. The highest BCUT2D eigenvalue weighted by Gasteiger charge is 2.31. The highest BCUT2D eigenvalue weighted by atomic mass is 16.3. The fourth-order valence-electron chi connectivity index (χ4n) is 2.01. The quantitative estimate of drug-likeness (QED) is 0.365. The van der Waals surface area contributed by atoms with E-state index in [1.807, 2.05) is 13.8 Å². The maximum atomic E-state index is 9.54. The summed E-state index contributed by atoms with van der Waals surface area (Å²) in [6.45, 7) is 3.41. The predicted molar refractivity (Wildman–Crippen MR) is 77.4 cm³/mol. The lowest BCUT2D eigenvalue weighted by Crippen LogP contribution is -2.45. The number of nitrogens with one attached hydrogen (secondary N) is 2. The lowest BCUT2D eigenvalue weighted by molar-refractivity contribution is 0.132. The Morgan fingerprint density at radius 1 is 1.25 bits per heavy atom. The van der Waals surface area contributed by atoms with Crippen LogP contribution in [0, 0.1) is 6.92 Å². The molecule has 7 heteroatoms. The largest absolute Gasteiger partial charge is 0.394 e. The summed E-state index contributed by atoms with van der Waals surface area (Å²) < 4.78 is 0. The van der Waals surface area contributed by atoms with Crippen molar-refractivity contribution in [1.29, 1.82) is 0 Å². The summed E-state index contributed by atoms with van der Waals surface area (Å²) in [6, 6.07) is 0. The molecule has 20 heavy (non-hydrogen) atoms. The van der Waals surface area contributed by atoms with Gasteiger partial charge in [-0.25, -0.2) is 15.8 Å². The van der Waals surface area contributed by atoms with Gasteiger partial charge in [0.05, 0.1) is 18.8 Å². The predicted octanol–water partition coefficient (Wildman–Crippen LogP) is 0.493. The van der Waals surface area contributed by atoms with Crippen molar-refractivity contribution in [2.75, 3.05) is 24.0 Å². The van der Waals surface area contributed by atoms with Crippen molar-refractivity contribution < 1.29 is 10.2 Å². The molecule has 1 fully saturated rings. The maximum Gasteiger partial charge on any atom is 0.148 e. The molecule has 0 aliphatic heterocycles. The van der Waals surface area contributed by atoms with Gasteiger partial charge in [-0.3, -0.25) is 0 Å². The number of rotatable bonds is 7. The van der Waals surface area contributed by atoms with Gasteiger partial charge in [0.25, 0.3) is 0 Å². The monoisotopic (exact) mass is 281 g/mol. The van der Waals surface area contributed by atoms with Crippen LogP contribution < -0.4 is 16.6 Å². The third-order valence-electron chi connectivity index (χ3n) is 3.91. The van der Waals surface area contributed by atoms with Gasteiger partial charge in [0.1, 0.15) is 17.5 Å². The van der Waals surface area contributed by atoms with E-state index in [0.29, 0.717) is 24.0 Å². The van der Waals surface area contributed by atoms with Gasteiger partial charge in [-0.05, 0) is 26.2 Å². The van der Waals surface area contributed by atoms with E-state index >= 15 is 0 Å². The maximum absolute atomic E-state index is 9.54. The number of hydrogen-bond acceptors (Lipinski definition) is 7. The van der Waals surface area contributed by atoms with Crippen LogP contribution in [-0.4, -0.2) is 38.9 Å². The number of nitrogen functional groups attached to an aromatic ring is 1. The van der Waals surface area contributed by atoms with Crippen molar-refractivity contribution in [2.45, 2.75) is 44.6 Å². The molecule has 0 aromatic carbocycles. The number of hydrazine groups is 1. The summed E-state index contributed by atoms with van der Waals surface area (Å²) in [7, 11) is 0. The van der Waals surface area contributed by atoms with E-state index in [0.717, 1.165) is 24.2 Å². The first-order valence-electron chi connectivity index (χ1n) is 6.94. The third kappa shape index (κ3) is 2.84. The first-order chi connectivity index (χ1) is 9.59. The molecule has 1 saturated carbocycles. The van der Waals surface area contributed by atoms with Crippen LogP contribution in [0.3, 0.4) is 0 Å². The van der Waals surface area contributed by atoms with Crippen molar-refractivity contribution >= 4 is 11.6 Å². The topological polar surface area (TPSA) is 116 Å². The molecule has 0 spiro atoms. The SMILES string of the molecule is CCC(CO)(CO)Nc1nc(C2CC2)nc(NN)c1C. The molecule has 0 radical (unpaired) electrons. The standard InChI is InChI=1S/C13H23N5O2/c1-3-13(6-19,7-20)17-10-8(2)11(18-14)16-12(15-10)9-4-5-9/h9,19-20H,3-7,14H2,1-2H3,(H2,15,16,17,18). The van der Waals surface area contributed by atoms with Gasteiger partial charge < -0.3 is 21.0 Å². The third-order valence-corrected chi connectivity index (χ3v) is 3.91. The average molecular weight is 281 g/mol. The minimum Gasteiger partial charge on any atom is -0.394 e. The molecule has 0 atom stereocenters. The van der Waals surface area contributed by atoms with E-state index in [9.17, 15) is 10.2 Å². The van der Waals surface area contributed by atoms with Crippen molar-refractivity contribution in [2.24, 2.45) is 5.84 Å². The molecule has 6 N–H and O–H groups in total. The summed E-state index contributed by atoms with van der Waals surface area (Å²) in [5.74, 6) is 7.84. The van der Waals surface area contributed by atoms with Gasteiger partial charge in [0, 0.05) is 11.5 Å². The Hall–Kier alpha value is -1.44. The van der Waals surface area contributed by atoms with Crippen LogP contribution >= 0.6 is 0 Å². The summed E-state index contributed by atoms with van der Waals surface area (Å²) >= 11 is 0. The van der Waals surface area contributed by atoms with E-state index in [2.05, 4.69) is 20.7 Å². The second-order valence-corrected chi connectivity index (χ2v) is 5.40. The normalized spacial score (nSPS) is 15.2. The zero-order valence-electron chi connectivity index (χ0n) is 12.0. The van der Waals surface area contributed by atoms with Crippen molar-refractivity contribution in [3.63, 3.8) is 0 Å². The number of nitrogens with two attached hydrogens (primary N) is 1. The van der Waals surface area contributed by atoms with Crippen LogP contribution in [0.25, 0.3) is 0 Å². The summed E-state index contributed by atoms with van der Waals surface area (Å²) in [5, 5.41) is 22.2. The Bertz CT molecular complexity index is 464. The Kier molecular flexibility index (Phi) is 4.42. The Morgan fingerprint density at radius 2 is 1.85 bits per heavy atom. The van der Waals surface area contributed by atoms with Crippen LogP contribution in [0.5, 0.6) is 0 Å². The van der Waals surface area contributed by atoms with Gasteiger partial charge in [-0.15, -0.1) is 0 Å². The van der Waals surface area contributed by atoms with Crippen LogP contribution in [-0.2, 0) is 0 Å². The zero-order chi connectivity index (χ0) is 14.8. The van der Waals surface area contributed by atoms with E-state index in [1.54, 1.807) is 0 Å². The van der Waals surface area contributed by atoms with E-state index < -0.39 is 5.54 Å². The van der Waals surface area contributed by atoms with Crippen LogP contribution in [0.4, 0.5) is 11.6 Å². The summed E-state index contributed by atoms with van der Waals surface area (Å²) in [4.78, 5) is 8.94. The summed E-state index contributed by atoms with van der Waals surface area (Å²) in [5.41, 5.74) is 2.57. The highest BCUT2D eigenvalue weighted by Crippen LogP contribution is 2.39. The van der Waals surface area contributed by atoms with Crippen molar-refractivity contribution in [3.8, 4) is 0 Å². The minimum absolute atomic E-state index is 0.173. The molecule has 2 rings (SSSR count). The number of aliphatic hydroxyl groups excluding tert-OH is 2. The van der Waals surface area contributed by atoms with Crippen molar-refractivity contribution in [3.05, 3.63) is 11.4 Å². The molecule has 0 saturated heterocycles. The van der Waals surface area contributed by atoms with Crippen LogP contribution in [0.2, 0.25) is 0 Å². The van der Waals surface area contributed by atoms with E-state index in [4.69, 9.17) is 5.84 Å². The van der Waals surface area contributed by atoms with E-state index in [-0.39, 0.29) is 13.2 Å². The molecule has 112 valence electrons. The molecular weight excluding hydrogens is 258 g/mol. The molecule has 1 aliphatic rings. The Morgan fingerprint density at radius 3 is 2.30 bits per heavy atom. The second kappa shape index (κ2) is 5.90. The van der Waals surface area contributed by atoms with Crippen LogP contribution in [0.15, 0.2) is 0 Å².